The molecule has 0 aliphatic heterocycles. The molecular weight excluding hydrogens is 288 g/mol. The highest BCUT2D eigenvalue weighted by Gasteiger charge is 2.33. The smallest absolute Gasteiger partial charge is 0.226 e. The predicted octanol–water partition coefficient (Wildman–Crippen LogP) is 3.64. The molecule has 1 aliphatic carbocycles. The van der Waals surface area contributed by atoms with Crippen molar-refractivity contribution >= 4 is 16.9 Å². The third kappa shape index (κ3) is 2.97. The summed E-state index contributed by atoms with van der Waals surface area (Å²) in [6.07, 6.45) is 2.59. The van der Waals surface area contributed by atoms with Crippen molar-refractivity contribution in [3.05, 3.63) is 65.9 Å². The number of amides is 1. The molecule has 0 radical (unpaired) electrons. The Balaban J connectivity index is 1.50. The first kappa shape index (κ1) is 14.0. The average Bonchev–Trinajstić information content (AvgIpc) is 3.36. The van der Waals surface area contributed by atoms with E-state index in [1.54, 1.807) is 0 Å². The van der Waals surface area contributed by atoms with Crippen LogP contribution >= 0.6 is 0 Å². The lowest BCUT2D eigenvalue weighted by molar-refractivity contribution is -0.121. The third-order valence-corrected chi connectivity index (χ3v) is 4.35. The highest BCUT2D eigenvalue weighted by atomic mass is 16.5. The van der Waals surface area contributed by atoms with Crippen LogP contribution in [0.1, 0.15) is 30.1 Å². The second-order valence-corrected chi connectivity index (χ2v) is 6.10. The molecule has 4 nitrogen and oxygen atoms in total. The Morgan fingerprint density at radius 2 is 1.87 bits per heavy atom. The molecule has 1 heterocycles. The maximum atomic E-state index is 12.5. The average molecular weight is 306 g/mol. The van der Waals surface area contributed by atoms with E-state index in [9.17, 15) is 4.79 Å². The van der Waals surface area contributed by atoms with Gasteiger partial charge in [0, 0.05) is 5.39 Å². The molecule has 1 aliphatic rings. The second-order valence-electron chi connectivity index (χ2n) is 6.10. The van der Waals surface area contributed by atoms with Gasteiger partial charge in [-0.25, -0.2) is 0 Å². The van der Waals surface area contributed by atoms with Gasteiger partial charge in [0.1, 0.15) is 5.69 Å². The van der Waals surface area contributed by atoms with Crippen LogP contribution in [-0.4, -0.2) is 11.1 Å². The van der Waals surface area contributed by atoms with E-state index in [2.05, 4.69) is 22.6 Å². The summed E-state index contributed by atoms with van der Waals surface area (Å²) in [5.41, 5.74) is 2.59. The minimum absolute atomic E-state index is 0.00944. The van der Waals surface area contributed by atoms with Gasteiger partial charge in [-0.1, -0.05) is 47.6 Å². The molecule has 0 spiro atoms. The summed E-state index contributed by atoms with van der Waals surface area (Å²) in [5, 5.41) is 8.13. The number of benzene rings is 2. The summed E-state index contributed by atoms with van der Waals surface area (Å²) in [4.78, 5) is 12.5. The van der Waals surface area contributed by atoms with Gasteiger partial charge in [0.2, 0.25) is 5.91 Å². The first-order valence-corrected chi connectivity index (χ1v) is 7.99. The zero-order chi connectivity index (χ0) is 15.6. The fourth-order valence-corrected chi connectivity index (χ4v) is 3.01. The lowest BCUT2D eigenvalue weighted by Crippen LogP contribution is -2.31. The van der Waals surface area contributed by atoms with E-state index >= 15 is 0 Å². The zero-order valence-corrected chi connectivity index (χ0v) is 12.7. The second kappa shape index (κ2) is 5.88. The summed E-state index contributed by atoms with van der Waals surface area (Å²) < 4.78 is 5.27. The van der Waals surface area contributed by atoms with Gasteiger partial charge in [-0.2, -0.15) is 0 Å². The van der Waals surface area contributed by atoms with E-state index in [0.717, 1.165) is 11.0 Å². The van der Waals surface area contributed by atoms with Gasteiger partial charge >= 0.3 is 0 Å². The molecule has 1 saturated carbocycles. The molecule has 23 heavy (non-hydrogen) atoms. The van der Waals surface area contributed by atoms with E-state index in [1.807, 2.05) is 42.5 Å². The number of hydrogen-bond acceptors (Lipinski definition) is 3. The number of carbonyl (C=O) groups is 1. The van der Waals surface area contributed by atoms with Gasteiger partial charge < -0.3 is 9.84 Å². The molecular formula is C19H18N2O2. The monoisotopic (exact) mass is 306 g/mol. The zero-order valence-electron chi connectivity index (χ0n) is 12.7. The molecule has 4 heteroatoms. The van der Waals surface area contributed by atoms with Gasteiger partial charge in [0.25, 0.3) is 0 Å². The summed E-state index contributed by atoms with van der Waals surface area (Å²) in [5.74, 6) is 0.542. The summed E-state index contributed by atoms with van der Waals surface area (Å²) >= 11 is 0. The van der Waals surface area contributed by atoms with Gasteiger partial charge in [-0.15, -0.1) is 0 Å². The van der Waals surface area contributed by atoms with Crippen molar-refractivity contribution in [2.24, 2.45) is 5.92 Å². The normalized spacial score (nSPS) is 15.5. The Bertz CT molecular complexity index is 822. The van der Waals surface area contributed by atoms with E-state index in [4.69, 9.17) is 4.52 Å². The first-order chi connectivity index (χ1) is 11.3. The van der Waals surface area contributed by atoms with Gasteiger partial charge in [-0.05, 0) is 36.5 Å². The molecule has 4 rings (SSSR count). The molecule has 1 N–H and O–H groups in total. The maximum Gasteiger partial charge on any atom is 0.226 e. The highest BCUT2D eigenvalue weighted by Crippen LogP contribution is 2.41. The Morgan fingerprint density at radius 3 is 2.65 bits per heavy atom. The van der Waals surface area contributed by atoms with Crippen LogP contribution in [0.4, 0.5) is 0 Å². The molecule has 1 amide bonds. The molecule has 1 atom stereocenters. The van der Waals surface area contributed by atoms with Crippen molar-refractivity contribution in [3.8, 4) is 0 Å². The number of nitrogens with zero attached hydrogens (tertiary/aromatic N) is 1. The van der Waals surface area contributed by atoms with Crippen LogP contribution < -0.4 is 5.32 Å². The maximum absolute atomic E-state index is 12.5. The lowest BCUT2D eigenvalue weighted by atomic mass is 10.0. The van der Waals surface area contributed by atoms with Crippen molar-refractivity contribution in [3.63, 3.8) is 0 Å². The summed E-state index contributed by atoms with van der Waals surface area (Å²) in [6, 6.07) is 17.9. The lowest BCUT2D eigenvalue weighted by Gasteiger charge is -2.18. The first-order valence-electron chi connectivity index (χ1n) is 7.99. The van der Waals surface area contributed by atoms with Crippen LogP contribution in [-0.2, 0) is 11.2 Å². The van der Waals surface area contributed by atoms with Crippen molar-refractivity contribution in [1.82, 2.24) is 10.5 Å². The fraction of sp³-hybridized carbons (Fsp3) is 0.263. The van der Waals surface area contributed by atoms with E-state index in [-0.39, 0.29) is 18.4 Å². The molecule has 2 aromatic carbocycles. The van der Waals surface area contributed by atoms with E-state index < -0.39 is 0 Å². The van der Waals surface area contributed by atoms with Gasteiger partial charge in [0.15, 0.2) is 5.58 Å². The molecule has 1 fully saturated rings. The quantitative estimate of drug-likeness (QED) is 0.783. The third-order valence-electron chi connectivity index (χ3n) is 4.35. The Labute approximate surface area is 134 Å². The number of carbonyl (C=O) groups excluding carboxylic acids is 1. The summed E-state index contributed by atoms with van der Waals surface area (Å²) in [7, 11) is 0. The predicted molar refractivity (Wildman–Crippen MR) is 87.8 cm³/mol. The van der Waals surface area contributed by atoms with Gasteiger partial charge in [-0.3, -0.25) is 4.79 Å². The van der Waals surface area contributed by atoms with Crippen LogP contribution in [0, 0.1) is 5.92 Å². The van der Waals surface area contributed by atoms with Crippen LogP contribution in [0.2, 0.25) is 0 Å². The Morgan fingerprint density at radius 1 is 1.13 bits per heavy atom. The molecule has 1 aromatic heterocycles. The Kier molecular flexibility index (Phi) is 3.58. The van der Waals surface area contributed by atoms with Gasteiger partial charge in [0.05, 0.1) is 12.5 Å². The minimum Gasteiger partial charge on any atom is -0.356 e. The van der Waals surface area contributed by atoms with Crippen LogP contribution in [0.5, 0.6) is 0 Å². The van der Waals surface area contributed by atoms with Crippen LogP contribution in [0.3, 0.4) is 0 Å². The SMILES string of the molecule is O=C(Cc1noc2ccccc12)N[C@H](c1ccccc1)C1CC1. The largest absolute Gasteiger partial charge is 0.356 e. The number of nitrogens with one attached hydrogen (secondary N) is 1. The fourth-order valence-electron chi connectivity index (χ4n) is 3.01. The van der Waals surface area contributed by atoms with Crippen molar-refractivity contribution < 1.29 is 9.32 Å². The van der Waals surface area contributed by atoms with Crippen molar-refractivity contribution in [2.45, 2.75) is 25.3 Å². The summed E-state index contributed by atoms with van der Waals surface area (Å²) in [6.45, 7) is 0. The molecule has 3 aromatic rings. The number of rotatable bonds is 5. The Hall–Kier alpha value is -2.62. The standard InChI is InChI=1S/C19H18N2O2/c22-18(12-16-15-8-4-5-9-17(15)23-21-16)20-19(14-10-11-14)13-6-2-1-3-7-13/h1-9,14,19H,10-12H2,(H,20,22)/t19-/m1/s1. The topological polar surface area (TPSA) is 55.1 Å². The molecule has 0 saturated heterocycles. The molecule has 116 valence electrons. The number of para-hydroxylation sites is 1. The van der Waals surface area contributed by atoms with E-state index in [0.29, 0.717) is 11.6 Å². The van der Waals surface area contributed by atoms with Crippen molar-refractivity contribution in [2.75, 3.05) is 0 Å². The number of aromatic nitrogens is 1. The molecule has 0 unspecified atom stereocenters. The number of fused-ring (bicyclic) bond motifs is 1. The molecule has 0 bridgehead atoms. The van der Waals surface area contributed by atoms with E-state index in [1.165, 1.54) is 18.4 Å². The van der Waals surface area contributed by atoms with Crippen molar-refractivity contribution in [1.29, 1.82) is 0 Å². The van der Waals surface area contributed by atoms with Crippen LogP contribution in [0.15, 0.2) is 59.1 Å². The van der Waals surface area contributed by atoms with Crippen LogP contribution in [0.25, 0.3) is 11.0 Å². The highest BCUT2D eigenvalue weighted by molar-refractivity contribution is 5.86. The number of hydrogen-bond donors (Lipinski definition) is 1. The minimum atomic E-state index is -0.00944.